The minimum absolute atomic E-state index is 0.113. The molecule has 0 bridgehead atoms. The molecule has 0 aliphatic carbocycles. The first-order chi connectivity index (χ1) is 16.7. The lowest BCUT2D eigenvalue weighted by atomic mass is 9.93. The number of pyridine rings is 1. The van der Waals surface area contributed by atoms with Gasteiger partial charge in [0.2, 0.25) is 0 Å². The Morgan fingerprint density at radius 3 is 2.26 bits per heavy atom. The molecule has 0 saturated carbocycles. The number of benzene rings is 3. The number of halogens is 1. The van der Waals surface area contributed by atoms with Crippen LogP contribution in [0.4, 0.5) is 0 Å². The summed E-state index contributed by atoms with van der Waals surface area (Å²) in [5.41, 5.74) is 2.27. The van der Waals surface area contributed by atoms with Gasteiger partial charge in [-0.3, -0.25) is 14.2 Å². The number of Topliss-reactive ketones (excluding diaryl/α,β-unsaturated/α-hetero) is 1. The van der Waals surface area contributed by atoms with E-state index in [0.29, 0.717) is 39.9 Å². The lowest BCUT2D eigenvalue weighted by Gasteiger charge is -2.20. The molecule has 5 nitrogen and oxygen atoms in total. The smallest absolute Gasteiger partial charge is 0.259 e. The molecule has 0 atom stereocenters. The number of aromatic nitrogens is 1. The first-order valence-corrected chi connectivity index (χ1v) is 13.7. The van der Waals surface area contributed by atoms with Crippen LogP contribution in [0.25, 0.3) is 21.9 Å². The Bertz CT molecular complexity index is 1560. The maximum atomic E-state index is 13.7. The molecule has 180 valence electrons. The van der Waals surface area contributed by atoms with Crippen LogP contribution in [0.1, 0.15) is 42.2 Å². The number of ketones is 1. The maximum Gasteiger partial charge on any atom is 0.259 e. The van der Waals surface area contributed by atoms with Gasteiger partial charge >= 0.3 is 0 Å². The molecule has 0 fully saturated rings. The van der Waals surface area contributed by atoms with Crippen molar-refractivity contribution in [3.63, 3.8) is 0 Å². The lowest BCUT2D eigenvalue weighted by molar-refractivity contribution is 0.0971. The van der Waals surface area contributed by atoms with Crippen molar-refractivity contribution in [2.75, 3.05) is 6.26 Å². The average Bonchev–Trinajstić information content (AvgIpc) is 2.84. The molecule has 3 aromatic carbocycles. The van der Waals surface area contributed by atoms with Gasteiger partial charge in [0, 0.05) is 28.6 Å². The highest BCUT2D eigenvalue weighted by molar-refractivity contribution is 7.90. The summed E-state index contributed by atoms with van der Waals surface area (Å²) in [6.45, 7) is 2.15. The number of hydrogen-bond acceptors (Lipinski definition) is 4. The molecule has 1 heterocycles. The van der Waals surface area contributed by atoms with E-state index in [9.17, 15) is 18.0 Å². The molecule has 0 saturated heterocycles. The van der Waals surface area contributed by atoms with Gasteiger partial charge in [-0.1, -0.05) is 67.4 Å². The molecule has 4 rings (SSSR count). The summed E-state index contributed by atoms with van der Waals surface area (Å²) in [5, 5.41) is 1.58. The monoisotopic (exact) mass is 507 g/mol. The van der Waals surface area contributed by atoms with Crippen LogP contribution in [0.5, 0.6) is 0 Å². The summed E-state index contributed by atoms with van der Waals surface area (Å²) in [4.78, 5) is 27.5. The molecule has 0 aliphatic heterocycles. The zero-order valence-electron chi connectivity index (χ0n) is 19.6. The van der Waals surface area contributed by atoms with E-state index in [1.54, 1.807) is 30.3 Å². The summed E-state index contributed by atoms with van der Waals surface area (Å²) in [6.07, 6.45) is 3.02. The minimum atomic E-state index is -3.34. The Morgan fingerprint density at radius 1 is 0.943 bits per heavy atom. The number of rotatable bonds is 8. The van der Waals surface area contributed by atoms with E-state index >= 15 is 0 Å². The molecule has 0 amide bonds. The van der Waals surface area contributed by atoms with Crippen LogP contribution in [0.15, 0.2) is 82.5 Å². The van der Waals surface area contributed by atoms with E-state index < -0.39 is 9.84 Å². The van der Waals surface area contributed by atoms with Gasteiger partial charge in [-0.05, 0) is 53.3 Å². The van der Waals surface area contributed by atoms with Crippen molar-refractivity contribution in [2.45, 2.75) is 37.6 Å². The van der Waals surface area contributed by atoms with Crippen molar-refractivity contribution in [3.05, 3.63) is 99.4 Å². The molecule has 0 spiro atoms. The highest BCUT2D eigenvalue weighted by Gasteiger charge is 2.23. The van der Waals surface area contributed by atoms with Crippen LogP contribution in [0, 0.1) is 0 Å². The van der Waals surface area contributed by atoms with Gasteiger partial charge in [-0.25, -0.2) is 8.42 Å². The number of sulfone groups is 1. The second kappa shape index (κ2) is 10.2. The van der Waals surface area contributed by atoms with Crippen molar-refractivity contribution < 1.29 is 13.2 Å². The summed E-state index contributed by atoms with van der Waals surface area (Å²) in [5.74, 6) is -0.113. The zero-order chi connectivity index (χ0) is 25.2. The topological polar surface area (TPSA) is 73.2 Å². The zero-order valence-corrected chi connectivity index (χ0v) is 21.2. The fourth-order valence-corrected chi connectivity index (χ4v) is 5.04. The highest BCUT2D eigenvalue weighted by atomic mass is 35.5. The fourth-order valence-electron chi connectivity index (χ4n) is 4.24. The third-order valence-electron chi connectivity index (χ3n) is 6.01. The normalized spacial score (nSPS) is 11.6. The SMILES string of the molecule is CCCCC(=O)c1c(-c2ccccc2)c2cc(Cl)ccc2c(=O)n1Cc1ccc(S(C)(=O)=O)cc1. The summed E-state index contributed by atoms with van der Waals surface area (Å²) >= 11 is 6.32. The van der Waals surface area contributed by atoms with E-state index in [1.807, 2.05) is 37.3 Å². The van der Waals surface area contributed by atoms with E-state index in [4.69, 9.17) is 11.6 Å². The van der Waals surface area contributed by atoms with Gasteiger partial charge in [0.25, 0.3) is 5.56 Å². The molecule has 0 aliphatic rings. The number of hydrogen-bond donors (Lipinski definition) is 0. The predicted octanol–water partition coefficient (Wildman–Crippen LogP) is 6.15. The van der Waals surface area contributed by atoms with Gasteiger partial charge in [0.05, 0.1) is 17.1 Å². The number of unbranched alkanes of at least 4 members (excludes halogenated alkanes) is 1. The van der Waals surface area contributed by atoms with Gasteiger partial charge in [-0.2, -0.15) is 0 Å². The number of fused-ring (bicyclic) bond motifs is 1. The van der Waals surface area contributed by atoms with Crippen molar-refractivity contribution in [1.82, 2.24) is 4.57 Å². The van der Waals surface area contributed by atoms with Crippen LogP contribution in [0.2, 0.25) is 5.02 Å². The maximum absolute atomic E-state index is 13.7. The third kappa shape index (κ3) is 5.24. The molecule has 4 aromatic rings. The Balaban J connectivity index is 2.02. The average molecular weight is 508 g/mol. The molecule has 0 radical (unpaired) electrons. The van der Waals surface area contributed by atoms with Gasteiger partial charge in [-0.15, -0.1) is 0 Å². The Morgan fingerprint density at radius 2 is 1.63 bits per heavy atom. The van der Waals surface area contributed by atoms with Crippen LogP contribution in [-0.4, -0.2) is 25.0 Å². The van der Waals surface area contributed by atoms with Gasteiger partial charge in [0.15, 0.2) is 15.6 Å². The van der Waals surface area contributed by atoms with Gasteiger partial charge < -0.3 is 0 Å². The first kappa shape index (κ1) is 24.9. The Kier molecular flexibility index (Phi) is 7.24. The Hall–Kier alpha value is -3.22. The molecule has 1 aromatic heterocycles. The van der Waals surface area contributed by atoms with Crippen LogP contribution in [0.3, 0.4) is 0 Å². The van der Waals surface area contributed by atoms with Crippen molar-refractivity contribution in [2.24, 2.45) is 0 Å². The number of carbonyl (C=O) groups excluding carboxylic acids is 1. The van der Waals surface area contributed by atoms with Crippen LogP contribution >= 0.6 is 11.6 Å². The van der Waals surface area contributed by atoms with E-state index in [2.05, 4.69) is 0 Å². The van der Waals surface area contributed by atoms with E-state index in [0.717, 1.165) is 23.8 Å². The summed E-state index contributed by atoms with van der Waals surface area (Å²) in [7, 11) is -3.34. The molecular formula is C28H26ClNO4S. The van der Waals surface area contributed by atoms with E-state index in [-0.39, 0.29) is 22.8 Å². The molecule has 7 heteroatoms. The lowest BCUT2D eigenvalue weighted by Crippen LogP contribution is -2.28. The highest BCUT2D eigenvalue weighted by Crippen LogP contribution is 2.33. The predicted molar refractivity (Wildman–Crippen MR) is 141 cm³/mol. The van der Waals surface area contributed by atoms with Crippen LogP contribution in [-0.2, 0) is 16.4 Å². The summed E-state index contributed by atoms with van der Waals surface area (Å²) < 4.78 is 25.3. The second-order valence-electron chi connectivity index (χ2n) is 8.61. The first-order valence-electron chi connectivity index (χ1n) is 11.4. The molecular weight excluding hydrogens is 482 g/mol. The largest absolute Gasteiger partial charge is 0.300 e. The molecule has 0 unspecified atom stereocenters. The van der Waals surface area contributed by atoms with E-state index in [1.165, 1.54) is 16.7 Å². The third-order valence-corrected chi connectivity index (χ3v) is 7.37. The molecule has 35 heavy (non-hydrogen) atoms. The summed E-state index contributed by atoms with van der Waals surface area (Å²) in [6, 6.07) is 21.0. The van der Waals surface area contributed by atoms with Crippen molar-refractivity contribution in [1.29, 1.82) is 0 Å². The fraction of sp³-hybridized carbons (Fsp3) is 0.214. The number of carbonyl (C=O) groups is 1. The van der Waals surface area contributed by atoms with Crippen molar-refractivity contribution in [3.8, 4) is 11.1 Å². The van der Waals surface area contributed by atoms with Crippen LogP contribution < -0.4 is 5.56 Å². The second-order valence-corrected chi connectivity index (χ2v) is 11.1. The molecule has 0 N–H and O–H groups in total. The van der Waals surface area contributed by atoms with Crippen molar-refractivity contribution >= 4 is 38.0 Å². The van der Waals surface area contributed by atoms with Gasteiger partial charge in [0.1, 0.15) is 0 Å². The minimum Gasteiger partial charge on any atom is -0.300 e. The Labute approximate surface area is 209 Å². The quantitative estimate of drug-likeness (QED) is 0.268. The number of nitrogens with zero attached hydrogens (tertiary/aromatic N) is 1. The standard InChI is InChI=1S/C28H26ClNO4S/c1-3-4-10-25(31)27-26(20-8-6-5-7-9-20)24-17-21(29)13-16-23(24)28(32)30(27)18-19-11-14-22(15-12-19)35(2,33)34/h5-9,11-17H,3-4,10,18H2,1-2H3.